The van der Waals surface area contributed by atoms with Crippen LogP contribution in [-0.2, 0) is 33.7 Å². The van der Waals surface area contributed by atoms with Crippen molar-refractivity contribution in [1.29, 1.82) is 0 Å². The zero-order chi connectivity index (χ0) is 22.4. The van der Waals surface area contributed by atoms with Crippen molar-refractivity contribution in [3.05, 3.63) is 51.9 Å². The van der Waals surface area contributed by atoms with Crippen molar-refractivity contribution in [3.8, 4) is 0 Å². The fourth-order valence-corrected chi connectivity index (χ4v) is 4.66. The maximum absolute atomic E-state index is 12.8. The number of imide groups is 1. The molecule has 2 aromatic rings. The van der Waals surface area contributed by atoms with Gasteiger partial charge in [0.15, 0.2) is 6.10 Å². The van der Waals surface area contributed by atoms with Crippen molar-refractivity contribution in [2.45, 2.75) is 52.2 Å². The Morgan fingerprint density at radius 3 is 2.52 bits per heavy atom. The summed E-state index contributed by atoms with van der Waals surface area (Å²) in [6, 6.07) is 8.58. The number of hydrogen-bond acceptors (Lipinski definition) is 6. The summed E-state index contributed by atoms with van der Waals surface area (Å²) in [4.78, 5) is 49.7. The Balaban J connectivity index is 1.60. The van der Waals surface area contributed by atoms with Crippen LogP contribution in [0, 0.1) is 0 Å². The lowest BCUT2D eigenvalue weighted by Crippen LogP contribution is -2.44. The van der Waals surface area contributed by atoms with E-state index in [9.17, 15) is 19.2 Å². The first-order valence-electron chi connectivity index (χ1n) is 10.1. The van der Waals surface area contributed by atoms with E-state index in [1.54, 1.807) is 0 Å². The van der Waals surface area contributed by atoms with Gasteiger partial charge >= 0.3 is 12.0 Å². The standard InChI is InChI=1S/C22H25N3O5S/c1-13(19(27)25-22(29)23-12-15-8-4-3-5-9-15)30-21(28)18-16-10-6-7-11-17(16)31-20(18)24-14(2)26/h3-5,8-9,13H,6-7,10-12H2,1-2H3,(H,24,26)(H2,23,25,27,29). The van der Waals surface area contributed by atoms with E-state index in [0.717, 1.165) is 41.7 Å². The molecule has 1 aliphatic rings. The van der Waals surface area contributed by atoms with Gasteiger partial charge in [-0.3, -0.25) is 14.9 Å². The third kappa shape index (κ3) is 5.91. The molecule has 1 aromatic heterocycles. The number of esters is 1. The molecule has 9 heteroatoms. The smallest absolute Gasteiger partial charge is 0.342 e. The summed E-state index contributed by atoms with van der Waals surface area (Å²) in [5.41, 5.74) is 2.07. The number of nitrogens with one attached hydrogen (secondary N) is 3. The monoisotopic (exact) mass is 443 g/mol. The van der Waals surface area contributed by atoms with E-state index >= 15 is 0 Å². The van der Waals surface area contributed by atoms with Crippen LogP contribution in [0.3, 0.4) is 0 Å². The number of urea groups is 1. The Kier molecular flexibility index (Phi) is 7.41. The largest absolute Gasteiger partial charge is 0.449 e. The number of amides is 4. The second kappa shape index (κ2) is 10.2. The summed E-state index contributed by atoms with van der Waals surface area (Å²) in [6.45, 7) is 3.03. The molecule has 1 aromatic carbocycles. The number of anilines is 1. The van der Waals surface area contributed by atoms with Crippen molar-refractivity contribution in [2.75, 3.05) is 5.32 Å². The lowest BCUT2D eigenvalue weighted by atomic mass is 9.95. The zero-order valence-corrected chi connectivity index (χ0v) is 18.3. The highest BCUT2D eigenvalue weighted by Gasteiger charge is 2.29. The normalized spacial score (nSPS) is 13.5. The van der Waals surface area contributed by atoms with Gasteiger partial charge in [-0.05, 0) is 43.7 Å². The molecule has 1 atom stereocenters. The number of aryl methyl sites for hydroxylation is 1. The molecule has 4 amide bonds. The molecular weight excluding hydrogens is 418 g/mol. The summed E-state index contributed by atoms with van der Waals surface area (Å²) >= 11 is 1.37. The van der Waals surface area contributed by atoms with Crippen molar-refractivity contribution < 1.29 is 23.9 Å². The minimum atomic E-state index is -1.18. The summed E-state index contributed by atoms with van der Waals surface area (Å²) in [5, 5.41) is 7.89. The van der Waals surface area contributed by atoms with E-state index in [0.29, 0.717) is 10.6 Å². The Morgan fingerprint density at radius 2 is 1.81 bits per heavy atom. The molecule has 0 radical (unpaired) electrons. The predicted molar refractivity (Wildman–Crippen MR) is 117 cm³/mol. The molecule has 0 spiro atoms. The highest BCUT2D eigenvalue weighted by Crippen LogP contribution is 2.38. The van der Waals surface area contributed by atoms with E-state index in [2.05, 4.69) is 16.0 Å². The van der Waals surface area contributed by atoms with Crippen LogP contribution < -0.4 is 16.0 Å². The first kappa shape index (κ1) is 22.5. The lowest BCUT2D eigenvalue weighted by molar-refractivity contribution is -0.128. The van der Waals surface area contributed by atoms with Gasteiger partial charge in [-0.25, -0.2) is 9.59 Å². The maximum Gasteiger partial charge on any atom is 0.342 e. The number of rotatable bonds is 6. The molecule has 1 aliphatic carbocycles. The molecule has 0 aliphatic heterocycles. The molecule has 0 saturated heterocycles. The van der Waals surface area contributed by atoms with Crippen LogP contribution in [0.25, 0.3) is 0 Å². The summed E-state index contributed by atoms with van der Waals surface area (Å²) in [7, 11) is 0. The Labute approximate surface area is 184 Å². The van der Waals surface area contributed by atoms with Crippen LogP contribution in [0.2, 0.25) is 0 Å². The minimum absolute atomic E-state index is 0.259. The van der Waals surface area contributed by atoms with Gasteiger partial charge in [-0.2, -0.15) is 0 Å². The molecule has 31 heavy (non-hydrogen) atoms. The van der Waals surface area contributed by atoms with Gasteiger partial charge in [-0.15, -0.1) is 11.3 Å². The SMILES string of the molecule is CC(=O)Nc1sc2c(c1C(=O)OC(C)C(=O)NC(=O)NCc1ccccc1)CCCC2. The first-order valence-corrected chi connectivity index (χ1v) is 10.9. The van der Waals surface area contributed by atoms with Gasteiger partial charge in [0, 0.05) is 18.3 Å². The number of fused-ring (bicyclic) bond motifs is 1. The highest BCUT2D eigenvalue weighted by molar-refractivity contribution is 7.17. The van der Waals surface area contributed by atoms with Crippen molar-refractivity contribution >= 4 is 40.2 Å². The third-order valence-electron chi connectivity index (χ3n) is 4.85. The predicted octanol–water partition coefficient (Wildman–Crippen LogP) is 3.16. The Bertz CT molecular complexity index is 987. The fraction of sp³-hybridized carbons (Fsp3) is 0.364. The molecule has 0 bridgehead atoms. The molecule has 0 fully saturated rings. The number of carbonyl (C=O) groups is 4. The zero-order valence-electron chi connectivity index (χ0n) is 17.4. The van der Waals surface area contributed by atoms with Gasteiger partial charge in [-0.1, -0.05) is 30.3 Å². The van der Waals surface area contributed by atoms with E-state index in [1.165, 1.54) is 25.2 Å². The number of ether oxygens (including phenoxy) is 1. The summed E-state index contributed by atoms with van der Waals surface area (Å²) in [6.07, 6.45) is 2.36. The van der Waals surface area contributed by atoms with Gasteiger partial charge in [0.2, 0.25) is 5.91 Å². The van der Waals surface area contributed by atoms with Crippen LogP contribution in [0.4, 0.5) is 9.80 Å². The number of carbonyl (C=O) groups excluding carboxylic acids is 4. The molecule has 3 rings (SSSR count). The average molecular weight is 444 g/mol. The van der Waals surface area contributed by atoms with E-state index in [-0.39, 0.29) is 12.5 Å². The average Bonchev–Trinajstić information content (AvgIpc) is 3.10. The van der Waals surface area contributed by atoms with Gasteiger partial charge in [0.05, 0.1) is 5.56 Å². The molecule has 0 saturated carbocycles. The van der Waals surface area contributed by atoms with Gasteiger partial charge < -0.3 is 15.4 Å². The number of benzene rings is 1. The van der Waals surface area contributed by atoms with Crippen LogP contribution in [-0.4, -0.2) is 29.9 Å². The first-order chi connectivity index (χ1) is 14.8. The number of hydrogen-bond donors (Lipinski definition) is 3. The molecule has 3 N–H and O–H groups in total. The second-order valence-corrected chi connectivity index (χ2v) is 8.41. The molecular formula is C22H25N3O5S. The molecule has 1 heterocycles. The van der Waals surface area contributed by atoms with Gasteiger partial charge in [0.25, 0.3) is 5.91 Å². The third-order valence-corrected chi connectivity index (χ3v) is 6.06. The molecule has 1 unspecified atom stereocenters. The second-order valence-electron chi connectivity index (χ2n) is 7.30. The lowest BCUT2D eigenvalue weighted by Gasteiger charge is -2.16. The molecule has 8 nitrogen and oxygen atoms in total. The summed E-state index contributed by atoms with van der Waals surface area (Å²) in [5.74, 6) is -1.70. The van der Waals surface area contributed by atoms with E-state index < -0.39 is 24.0 Å². The van der Waals surface area contributed by atoms with Crippen molar-refractivity contribution in [2.24, 2.45) is 0 Å². The van der Waals surface area contributed by atoms with Crippen LogP contribution in [0.15, 0.2) is 30.3 Å². The quantitative estimate of drug-likeness (QED) is 0.594. The van der Waals surface area contributed by atoms with Crippen LogP contribution in [0.1, 0.15) is 53.1 Å². The van der Waals surface area contributed by atoms with Crippen LogP contribution in [0.5, 0.6) is 0 Å². The van der Waals surface area contributed by atoms with E-state index in [1.807, 2.05) is 30.3 Å². The minimum Gasteiger partial charge on any atom is -0.449 e. The maximum atomic E-state index is 12.8. The van der Waals surface area contributed by atoms with Crippen LogP contribution >= 0.6 is 11.3 Å². The highest BCUT2D eigenvalue weighted by atomic mass is 32.1. The van der Waals surface area contributed by atoms with Crippen molar-refractivity contribution in [3.63, 3.8) is 0 Å². The Morgan fingerprint density at radius 1 is 1.10 bits per heavy atom. The van der Waals surface area contributed by atoms with Gasteiger partial charge in [0.1, 0.15) is 5.00 Å². The summed E-state index contributed by atoms with van der Waals surface area (Å²) < 4.78 is 5.33. The van der Waals surface area contributed by atoms with Crippen molar-refractivity contribution in [1.82, 2.24) is 10.6 Å². The number of thiophene rings is 1. The fourth-order valence-electron chi connectivity index (χ4n) is 3.34. The van der Waals surface area contributed by atoms with E-state index in [4.69, 9.17) is 4.74 Å². The Hall–Kier alpha value is -3.20. The topological polar surface area (TPSA) is 114 Å². The molecule has 164 valence electrons.